The molecular weight excluding hydrogens is 545 g/mol. The van der Waals surface area contributed by atoms with Crippen LogP contribution in [0.25, 0.3) is 0 Å². The normalized spacial score (nSPS) is 16.8. The van der Waals surface area contributed by atoms with E-state index in [9.17, 15) is 9.59 Å². The zero-order valence-electron chi connectivity index (χ0n) is 22.0. The zero-order chi connectivity index (χ0) is 27.1. The number of fused-ring (bicyclic) bond motifs is 1. The summed E-state index contributed by atoms with van der Waals surface area (Å²) in [6, 6.07) is 11.6. The SMILES string of the molecule is CSC(C)C(=O)OCN1C(=O)CCc2ccc(OCCCCN3CCN(c4cccc(Cl)c4Cl)CC3)cc21. The van der Waals surface area contributed by atoms with Crippen LogP contribution in [0.15, 0.2) is 36.4 Å². The maximum absolute atomic E-state index is 12.6. The van der Waals surface area contributed by atoms with E-state index in [-0.39, 0.29) is 23.9 Å². The van der Waals surface area contributed by atoms with Gasteiger partial charge in [-0.15, -0.1) is 0 Å². The number of hydrogen-bond donors (Lipinski definition) is 0. The molecule has 0 radical (unpaired) electrons. The van der Waals surface area contributed by atoms with Crippen molar-refractivity contribution in [3.05, 3.63) is 52.0 Å². The van der Waals surface area contributed by atoms with E-state index in [4.69, 9.17) is 32.7 Å². The molecule has 0 N–H and O–H groups in total. The molecule has 2 aromatic carbocycles. The molecule has 2 aliphatic rings. The summed E-state index contributed by atoms with van der Waals surface area (Å²) in [7, 11) is 0. The molecule has 38 heavy (non-hydrogen) atoms. The molecule has 2 aliphatic heterocycles. The average molecular weight is 581 g/mol. The zero-order valence-corrected chi connectivity index (χ0v) is 24.3. The first-order valence-electron chi connectivity index (χ1n) is 13.0. The Morgan fingerprint density at radius 1 is 1.05 bits per heavy atom. The van der Waals surface area contributed by atoms with Gasteiger partial charge in [0.25, 0.3) is 0 Å². The number of amides is 1. The van der Waals surface area contributed by atoms with Crippen LogP contribution in [0.3, 0.4) is 0 Å². The van der Waals surface area contributed by atoms with Gasteiger partial charge >= 0.3 is 5.97 Å². The molecule has 2 aromatic rings. The molecule has 0 aliphatic carbocycles. The van der Waals surface area contributed by atoms with E-state index in [0.717, 1.165) is 68.3 Å². The van der Waals surface area contributed by atoms with Crippen LogP contribution < -0.4 is 14.5 Å². The van der Waals surface area contributed by atoms with Crippen LogP contribution in [0.2, 0.25) is 10.0 Å². The summed E-state index contributed by atoms with van der Waals surface area (Å²) >= 11 is 14.0. The summed E-state index contributed by atoms with van der Waals surface area (Å²) in [4.78, 5) is 31.0. The highest BCUT2D eigenvalue weighted by Crippen LogP contribution is 2.33. The molecule has 1 amide bonds. The second-order valence-corrected chi connectivity index (χ2v) is 11.5. The number of benzene rings is 2. The third-order valence-corrected chi connectivity index (χ3v) is 8.77. The summed E-state index contributed by atoms with van der Waals surface area (Å²) < 4.78 is 11.4. The summed E-state index contributed by atoms with van der Waals surface area (Å²) in [5.74, 6) is 0.357. The summed E-state index contributed by atoms with van der Waals surface area (Å²) in [6.45, 7) is 7.16. The van der Waals surface area contributed by atoms with Gasteiger partial charge in [-0.3, -0.25) is 19.4 Å². The largest absolute Gasteiger partial charge is 0.494 e. The van der Waals surface area contributed by atoms with Gasteiger partial charge in [0, 0.05) is 38.7 Å². The predicted molar refractivity (Wildman–Crippen MR) is 156 cm³/mol. The number of ether oxygens (including phenoxy) is 2. The summed E-state index contributed by atoms with van der Waals surface area (Å²) in [5, 5.41) is 0.948. The number of halogens is 2. The molecule has 1 unspecified atom stereocenters. The van der Waals surface area contributed by atoms with Crippen molar-refractivity contribution in [1.82, 2.24) is 4.90 Å². The van der Waals surface area contributed by atoms with E-state index in [0.29, 0.717) is 29.5 Å². The highest BCUT2D eigenvalue weighted by atomic mass is 35.5. The minimum Gasteiger partial charge on any atom is -0.494 e. The van der Waals surface area contributed by atoms with E-state index in [1.54, 1.807) is 11.8 Å². The molecule has 0 spiro atoms. The molecule has 7 nitrogen and oxygen atoms in total. The van der Waals surface area contributed by atoms with Crippen molar-refractivity contribution >= 4 is 58.2 Å². The van der Waals surface area contributed by atoms with Crippen molar-refractivity contribution in [1.29, 1.82) is 0 Å². The van der Waals surface area contributed by atoms with Gasteiger partial charge in [-0.2, -0.15) is 11.8 Å². The van der Waals surface area contributed by atoms with Crippen molar-refractivity contribution in [3.63, 3.8) is 0 Å². The first kappa shape index (κ1) is 28.9. The molecule has 0 saturated carbocycles. The lowest BCUT2D eigenvalue weighted by Gasteiger charge is -2.36. The van der Waals surface area contributed by atoms with Gasteiger partial charge in [0.1, 0.15) is 5.75 Å². The van der Waals surface area contributed by atoms with E-state index < -0.39 is 0 Å². The van der Waals surface area contributed by atoms with Gasteiger partial charge in [-0.05, 0) is 62.7 Å². The van der Waals surface area contributed by atoms with Gasteiger partial charge in [0.05, 0.1) is 33.3 Å². The topological polar surface area (TPSA) is 62.3 Å². The van der Waals surface area contributed by atoms with Crippen LogP contribution in [-0.4, -0.2) is 74.3 Å². The van der Waals surface area contributed by atoms with Crippen LogP contribution in [0, 0.1) is 0 Å². The third-order valence-electron chi connectivity index (χ3n) is 7.06. The molecule has 10 heteroatoms. The van der Waals surface area contributed by atoms with Crippen LogP contribution in [-0.2, 0) is 20.7 Å². The lowest BCUT2D eigenvalue weighted by molar-refractivity contribution is -0.143. The van der Waals surface area contributed by atoms with Crippen molar-refractivity contribution in [2.45, 2.75) is 37.9 Å². The van der Waals surface area contributed by atoms with Gasteiger partial charge < -0.3 is 14.4 Å². The number of thioether (sulfide) groups is 1. The Bertz CT molecular complexity index is 1130. The Balaban J connectivity index is 1.21. The fraction of sp³-hybridized carbons (Fsp3) is 0.500. The Hall–Kier alpha value is -2.13. The van der Waals surface area contributed by atoms with Crippen molar-refractivity contribution < 1.29 is 19.1 Å². The minimum absolute atomic E-state index is 0.0445. The highest BCUT2D eigenvalue weighted by molar-refractivity contribution is 7.99. The monoisotopic (exact) mass is 579 g/mol. The maximum atomic E-state index is 12.6. The number of anilines is 2. The number of unbranched alkanes of at least 4 members (excludes halogenated alkanes) is 1. The number of hydrogen-bond acceptors (Lipinski definition) is 7. The lowest BCUT2D eigenvalue weighted by Crippen LogP contribution is -2.46. The Kier molecular flexibility index (Phi) is 10.5. The van der Waals surface area contributed by atoms with E-state index in [1.165, 1.54) is 11.8 Å². The Morgan fingerprint density at radius 3 is 2.61 bits per heavy atom. The number of esters is 1. The number of aryl methyl sites for hydroxylation is 1. The second kappa shape index (κ2) is 13.8. The van der Waals surface area contributed by atoms with Crippen molar-refractivity contribution in [3.8, 4) is 5.75 Å². The van der Waals surface area contributed by atoms with Gasteiger partial charge in [-0.1, -0.05) is 35.3 Å². The molecule has 4 rings (SSSR count). The van der Waals surface area contributed by atoms with Crippen LogP contribution in [0.5, 0.6) is 5.75 Å². The summed E-state index contributed by atoms with van der Waals surface area (Å²) in [6.07, 6.45) is 4.91. The van der Waals surface area contributed by atoms with Gasteiger partial charge in [0.15, 0.2) is 6.73 Å². The Labute approximate surface area is 239 Å². The first-order valence-corrected chi connectivity index (χ1v) is 15.1. The smallest absolute Gasteiger partial charge is 0.320 e. The Morgan fingerprint density at radius 2 is 1.84 bits per heavy atom. The van der Waals surface area contributed by atoms with Crippen molar-refractivity contribution in [2.75, 3.05) is 62.1 Å². The second-order valence-electron chi connectivity index (χ2n) is 9.54. The van der Waals surface area contributed by atoms with Crippen molar-refractivity contribution in [2.24, 2.45) is 0 Å². The highest BCUT2D eigenvalue weighted by Gasteiger charge is 2.26. The molecule has 1 atom stereocenters. The quantitative estimate of drug-likeness (QED) is 0.257. The summed E-state index contributed by atoms with van der Waals surface area (Å²) in [5.41, 5.74) is 2.83. The van der Waals surface area contributed by atoms with E-state index in [2.05, 4.69) is 9.80 Å². The molecule has 0 aromatic heterocycles. The molecule has 1 fully saturated rings. The molecule has 1 saturated heterocycles. The fourth-order valence-corrected chi connectivity index (χ4v) is 5.34. The third kappa shape index (κ3) is 7.29. The fourth-order valence-electron chi connectivity index (χ4n) is 4.67. The standard InChI is InChI=1S/C28H35Cl2N3O4S/c1-20(38-2)28(35)37-19-33-25-18-22(10-8-21(25)9-11-26(33)34)36-17-4-3-12-31-13-15-32(16-14-31)24-7-5-6-23(29)27(24)30/h5-8,10,18,20H,3-4,9,11-17,19H2,1-2H3. The number of carbonyl (C=O) groups excluding carboxylic acids is 2. The molecule has 2 heterocycles. The number of carbonyl (C=O) groups is 2. The van der Waals surface area contributed by atoms with Gasteiger partial charge in [-0.25, -0.2) is 0 Å². The molecule has 0 bridgehead atoms. The van der Waals surface area contributed by atoms with Crippen LogP contribution in [0.4, 0.5) is 11.4 Å². The minimum atomic E-state index is -0.320. The van der Waals surface area contributed by atoms with Crippen LogP contribution >= 0.6 is 35.0 Å². The van der Waals surface area contributed by atoms with Gasteiger partial charge in [0.2, 0.25) is 5.91 Å². The molecular formula is C28H35Cl2N3O4S. The van der Waals surface area contributed by atoms with E-state index in [1.807, 2.05) is 42.7 Å². The first-order chi connectivity index (χ1) is 18.4. The van der Waals surface area contributed by atoms with Crippen LogP contribution in [0.1, 0.15) is 31.7 Å². The number of piperazine rings is 1. The number of rotatable bonds is 11. The number of nitrogens with zero attached hydrogens (tertiary/aromatic N) is 3. The van der Waals surface area contributed by atoms with E-state index >= 15 is 0 Å². The molecule has 206 valence electrons. The lowest BCUT2D eigenvalue weighted by atomic mass is 10.0. The predicted octanol–water partition coefficient (Wildman–Crippen LogP) is 5.51. The maximum Gasteiger partial charge on any atom is 0.320 e. The average Bonchev–Trinajstić information content (AvgIpc) is 2.93.